The SMILES string of the molecule is CCC1(C)CC1C(=O)NC1(C)CCN(C(=O)c2cc(C)nc(NC)n2)C1. The van der Waals surface area contributed by atoms with E-state index in [0.29, 0.717) is 24.7 Å². The summed E-state index contributed by atoms with van der Waals surface area (Å²) < 4.78 is 0. The molecule has 0 bridgehead atoms. The van der Waals surface area contributed by atoms with Crippen molar-refractivity contribution in [2.75, 3.05) is 25.5 Å². The first-order valence-electron chi connectivity index (χ1n) is 9.34. The lowest BCUT2D eigenvalue weighted by atomic mass is 9.99. The van der Waals surface area contributed by atoms with Crippen LogP contribution in [0.25, 0.3) is 0 Å². The van der Waals surface area contributed by atoms with Gasteiger partial charge < -0.3 is 15.5 Å². The van der Waals surface area contributed by atoms with Crippen LogP contribution in [-0.4, -0.2) is 52.4 Å². The molecule has 26 heavy (non-hydrogen) atoms. The molecule has 2 amide bonds. The third-order valence-electron chi connectivity index (χ3n) is 5.96. The fourth-order valence-corrected chi connectivity index (χ4v) is 3.78. The molecule has 1 aliphatic heterocycles. The second-order valence-electron chi connectivity index (χ2n) is 8.26. The maximum atomic E-state index is 12.8. The van der Waals surface area contributed by atoms with E-state index in [-0.39, 0.29) is 28.7 Å². The number of nitrogens with one attached hydrogen (secondary N) is 2. The van der Waals surface area contributed by atoms with E-state index < -0.39 is 0 Å². The van der Waals surface area contributed by atoms with Crippen LogP contribution in [0, 0.1) is 18.3 Å². The van der Waals surface area contributed by atoms with E-state index >= 15 is 0 Å². The lowest BCUT2D eigenvalue weighted by Crippen LogP contribution is -2.49. The first-order valence-corrected chi connectivity index (χ1v) is 9.34. The molecule has 142 valence electrons. The van der Waals surface area contributed by atoms with Crippen LogP contribution in [0.15, 0.2) is 6.07 Å². The van der Waals surface area contributed by atoms with E-state index in [1.54, 1.807) is 18.0 Å². The van der Waals surface area contributed by atoms with Gasteiger partial charge in [-0.25, -0.2) is 9.97 Å². The number of likely N-dealkylation sites (tertiary alicyclic amines) is 1. The number of carbonyl (C=O) groups excluding carboxylic acids is 2. The van der Waals surface area contributed by atoms with Crippen molar-refractivity contribution in [3.63, 3.8) is 0 Å². The van der Waals surface area contributed by atoms with Crippen LogP contribution in [0.1, 0.15) is 56.2 Å². The number of anilines is 1. The summed E-state index contributed by atoms with van der Waals surface area (Å²) >= 11 is 0. The molecule has 0 aromatic carbocycles. The Morgan fingerprint density at radius 2 is 2.08 bits per heavy atom. The van der Waals surface area contributed by atoms with Crippen molar-refractivity contribution < 1.29 is 9.59 Å². The average Bonchev–Trinajstić information content (AvgIpc) is 3.16. The first kappa shape index (κ1) is 18.6. The Kier molecular flexibility index (Phi) is 4.67. The second kappa shape index (κ2) is 6.52. The number of hydrogen-bond acceptors (Lipinski definition) is 5. The summed E-state index contributed by atoms with van der Waals surface area (Å²) in [5.41, 5.74) is 0.905. The minimum absolute atomic E-state index is 0.108. The molecule has 3 atom stereocenters. The summed E-state index contributed by atoms with van der Waals surface area (Å²) in [4.78, 5) is 35.7. The number of hydrogen-bond donors (Lipinski definition) is 2. The van der Waals surface area contributed by atoms with Gasteiger partial charge >= 0.3 is 0 Å². The summed E-state index contributed by atoms with van der Waals surface area (Å²) in [6.45, 7) is 9.28. The zero-order chi connectivity index (χ0) is 19.1. The molecule has 7 nitrogen and oxygen atoms in total. The van der Waals surface area contributed by atoms with E-state index in [4.69, 9.17) is 0 Å². The lowest BCUT2D eigenvalue weighted by Gasteiger charge is -2.26. The minimum Gasteiger partial charge on any atom is -0.357 e. The van der Waals surface area contributed by atoms with E-state index in [9.17, 15) is 9.59 Å². The highest BCUT2D eigenvalue weighted by Crippen LogP contribution is 2.54. The highest BCUT2D eigenvalue weighted by Gasteiger charge is 2.54. The monoisotopic (exact) mass is 359 g/mol. The van der Waals surface area contributed by atoms with Gasteiger partial charge in [0.2, 0.25) is 11.9 Å². The molecule has 0 spiro atoms. The van der Waals surface area contributed by atoms with Gasteiger partial charge in [-0.1, -0.05) is 13.8 Å². The molecule has 3 unspecified atom stereocenters. The first-order chi connectivity index (χ1) is 12.2. The molecule has 1 aromatic rings. The smallest absolute Gasteiger partial charge is 0.272 e. The van der Waals surface area contributed by atoms with Crippen molar-refractivity contribution in [2.24, 2.45) is 11.3 Å². The molecular formula is C19H29N5O2. The highest BCUT2D eigenvalue weighted by atomic mass is 16.2. The van der Waals surface area contributed by atoms with Crippen LogP contribution in [-0.2, 0) is 4.79 Å². The maximum Gasteiger partial charge on any atom is 0.272 e. The number of carbonyl (C=O) groups is 2. The Morgan fingerprint density at radius 1 is 1.35 bits per heavy atom. The predicted molar refractivity (Wildman–Crippen MR) is 99.9 cm³/mol. The van der Waals surface area contributed by atoms with Gasteiger partial charge in [-0.3, -0.25) is 9.59 Å². The summed E-state index contributed by atoms with van der Waals surface area (Å²) in [6, 6.07) is 1.70. The van der Waals surface area contributed by atoms with Crippen LogP contribution >= 0.6 is 0 Å². The van der Waals surface area contributed by atoms with Crippen molar-refractivity contribution in [1.82, 2.24) is 20.2 Å². The molecule has 3 rings (SSSR count). The topological polar surface area (TPSA) is 87.2 Å². The van der Waals surface area contributed by atoms with Gasteiger partial charge in [-0.15, -0.1) is 0 Å². The zero-order valence-corrected chi connectivity index (χ0v) is 16.3. The highest BCUT2D eigenvalue weighted by molar-refractivity contribution is 5.93. The zero-order valence-electron chi connectivity index (χ0n) is 16.3. The molecular weight excluding hydrogens is 330 g/mol. The number of aryl methyl sites for hydroxylation is 1. The molecule has 2 N–H and O–H groups in total. The standard InChI is InChI=1S/C19H29N5O2/c1-6-18(3)10-13(18)15(25)23-19(4)7-8-24(11-19)16(26)14-9-12(2)21-17(20-5)22-14/h9,13H,6-8,10-11H2,1-5H3,(H,23,25)(H,20,21,22). The van der Waals surface area contributed by atoms with Gasteiger partial charge in [0.1, 0.15) is 5.69 Å². The van der Waals surface area contributed by atoms with E-state index in [0.717, 1.165) is 25.0 Å². The molecule has 1 saturated heterocycles. The van der Waals surface area contributed by atoms with Crippen LogP contribution in [0.5, 0.6) is 0 Å². The van der Waals surface area contributed by atoms with Crippen LogP contribution in [0.4, 0.5) is 5.95 Å². The lowest BCUT2D eigenvalue weighted by molar-refractivity contribution is -0.124. The normalized spacial score (nSPS) is 30.2. The van der Waals surface area contributed by atoms with E-state index in [1.165, 1.54) is 0 Å². The van der Waals surface area contributed by atoms with Crippen molar-refractivity contribution in [3.8, 4) is 0 Å². The fraction of sp³-hybridized carbons (Fsp3) is 0.684. The van der Waals surface area contributed by atoms with Crippen molar-refractivity contribution in [3.05, 3.63) is 17.5 Å². The molecule has 0 radical (unpaired) electrons. The van der Waals surface area contributed by atoms with Crippen LogP contribution < -0.4 is 10.6 Å². The predicted octanol–water partition coefficient (Wildman–Crippen LogP) is 1.98. The summed E-state index contributed by atoms with van der Waals surface area (Å²) in [6.07, 6.45) is 2.73. The third-order valence-corrected chi connectivity index (χ3v) is 5.96. The number of nitrogens with zero attached hydrogens (tertiary/aromatic N) is 3. The molecule has 7 heteroatoms. The quantitative estimate of drug-likeness (QED) is 0.839. The van der Waals surface area contributed by atoms with Gasteiger partial charge in [0.25, 0.3) is 5.91 Å². The Hall–Kier alpha value is -2.18. The van der Waals surface area contributed by atoms with Gasteiger partial charge in [-0.05, 0) is 44.6 Å². The average molecular weight is 359 g/mol. The summed E-state index contributed by atoms with van der Waals surface area (Å²) in [5.74, 6) is 0.560. The Labute approximate surface area is 155 Å². The molecule has 2 aliphatic rings. The van der Waals surface area contributed by atoms with E-state index in [2.05, 4.69) is 34.4 Å². The Morgan fingerprint density at radius 3 is 2.69 bits per heavy atom. The van der Waals surface area contributed by atoms with Gasteiger partial charge in [-0.2, -0.15) is 0 Å². The third kappa shape index (κ3) is 3.52. The van der Waals surface area contributed by atoms with E-state index in [1.807, 2.05) is 13.8 Å². The maximum absolute atomic E-state index is 12.8. The van der Waals surface area contributed by atoms with Gasteiger partial charge in [0.05, 0.1) is 5.54 Å². The largest absolute Gasteiger partial charge is 0.357 e. The number of aromatic nitrogens is 2. The summed E-state index contributed by atoms with van der Waals surface area (Å²) in [7, 11) is 1.73. The second-order valence-corrected chi connectivity index (χ2v) is 8.26. The van der Waals surface area contributed by atoms with Crippen LogP contribution in [0.3, 0.4) is 0 Å². The molecule has 2 heterocycles. The van der Waals surface area contributed by atoms with Crippen LogP contribution in [0.2, 0.25) is 0 Å². The fourth-order valence-electron chi connectivity index (χ4n) is 3.78. The Bertz CT molecular complexity index is 737. The molecule has 1 saturated carbocycles. The van der Waals surface area contributed by atoms with Crippen molar-refractivity contribution in [1.29, 1.82) is 0 Å². The molecule has 1 aromatic heterocycles. The van der Waals surface area contributed by atoms with Gasteiger partial charge in [0, 0.05) is 31.7 Å². The molecule has 1 aliphatic carbocycles. The number of amides is 2. The van der Waals surface area contributed by atoms with Crippen molar-refractivity contribution >= 4 is 17.8 Å². The van der Waals surface area contributed by atoms with Crippen molar-refractivity contribution in [2.45, 2.75) is 52.5 Å². The Balaban J connectivity index is 1.65. The molecule has 2 fully saturated rings. The summed E-state index contributed by atoms with van der Waals surface area (Å²) in [5, 5.41) is 6.08. The number of rotatable bonds is 5. The minimum atomic E-state index is -0.377. The van der Waals surface area contributed by atoms with Gasteiger partial charge in [0.15, 0.2) is 0 Å².